The van der Waals surface area contributed by atoms with Crippen LogP contribution in [0.2, 0.25) is 0 Å². The van der Waals surface area contributed by atoms with Crippen LogP contribution in [0.5, 0.6) is 0 Å². The molecule has 2 amide bonds. The molecular weight excluding hydrogens is 250 g/mol. The number of nitrogens with one attached hydrogen (secondary N) is 2. The first-order valence-corrected chi connectivity index (χ1v) is 4.72. The van der Waals surface area contributed by atoms with Crippen LogP contribution in [0.3, 0.4) is 0 Å². The number of urea groups is 1. The van der Waals surface area contributed by atoms with Gasteiger partial charge in [0.1, 0.15) is 16.7 Å². The molecule has 0 bridgehead atoms. The number of nitrogens with zero attached hydrogens (tertiary/aromatic N) is 2. The van der Waals surface area contributed by atoms with Crippen LogP contribution in [0.4, 0.5) is 10.6 Å². The lowest BCUT2D eigenvalue weighted by Crippen LogP contribution is -2.33. The Morgan fingerprint density at radius 1 is 1.50 bits per heavy atom. The number of nitrogens with two attached hydrogens (primary N) is 1. The normalized spacial score (nSPS) is 9.50. The monoisotopic (exact) mass is 259 g/mol. The SMILES string of the molecule is NC(=O)NCCNc1cc(Br)ncn1. The van der Waals surface area contributed by atoms with Gasteiger partial charge < -0.3 is 16.4 Å². The van der Waals surface area contributed by atoms with E-state index in [0.29, 0.717) is 23.5 Å². The number of hydrogen-bond donors (Lipinski definition) is 3. The molecule has 0 aromatic carbocycles. The number of amides is 2. The van der Waals surface area contributed by atoms with Gasteiger partial charge in [0.2, 0.25) is 0 Å². The molecule has 0 atom stereocenters. The van der Waals surface area contributed by atoms with Gasteiger partial charge in [0, 0.05) is 19.2 Å². The third-order valence-corrected chi connectivity index (χ3v) is 1.80. The largest absolute Gasteiger partial charge is 0.368 e. The number of hydrogen-bond acceptors (Lipinski definition) is 4. The first-order chi connectivity index (χ1) is 6.68. The fraction of sp³-hybridized carbons (Fsp3) is 0.286. The average Bonchev–Trinajstić information content (AvgIpc) is 2.12. The van der Waals surface area contributed by atoms with E-state index >= 15 is 0 Å². The molecule has 6 nitrogen and oxygen atoms in total. The molecule has 0 aliphatic heterocycles. The minimum absolute atomic E-state index is 0.455. The van der Waals surface area contributed by atoms with Crippen molar-refractivity contribution in [2.45, 2.75) is 0 Å². The number of halogens is 1. The van der Waals surface area contributed by atoms with E-state index < -0.39 is 6.03 Å². The van der Waals surface area contributed by atoms with Gasteiger partial charge in [-0.05, 0) is 15.9 Å². The fourth-order valence-corrected chi connectivity index (χ4v) is 1.11. The Balaban J connectivity index is 2.28. The smallest absolute Gasteiger partial charge is 0.312 e. The Labute approximate surface area is 89.4 Å². The number of carbonyl (C=O) groups is 1. The van der Waals surface area contributed by atoms with Crippen molar-refractivity contribution in [1.82, 2.24) is 15.3 Å². The van der Waals surface area contributed by atoms with E-state index in [1.165, 1.54) is 6.33 Å². The predicted molar refractivity (Wildman–Crippen MR) is 55.8 cm³/mol. The van der Waals surface area contributed by atoms with Crippen molar-refractivity contribution in [3.8, 4) is 0 Å². The van der Waals surface area contributed by atoms with E-state index in [2.05, 4.69) is 36.5 Å². The molecule has 4 N–H and O–H groups in total. The quantitative estimate of drug-likeness (QED) is 0.537. The Hall–Kier alpha value is -1.37. The molecule has 76 valence electrons. The van der Waals surface area contributed by atoms with Gasteiger partial charge in [-0.3, -0.25) is 0 Å². The van der Waals surface area contributed by atoms with Crippen LogP contribution in [-0.2, 0) is 0 Å². The summed E-state index contributed by atoms with van der Waals surface area (Å²) in [6, 6.07) is 1.21. The summed E-state index contributed by atoms with van der Waals surface area (Å²) in [5, 5.41) is 5.44. The summed E-state index contributed by atoms with van der Waals surface area (Å²) in [7, 11) is 0. The van der Waals surface area contributed by atoms with Crippen LogP contribution in [-0.4, -0.2) is 29.1 Å². The van der Waals surface area contributed by atoms with Crippen molar-refractivity contribution in [2.75, 3.05) is 18.4 Å². The minimum Gasteiger partial charge on any atom is -0.368 e. The van der Waals surface area contributed by atoms with Crippen LogP contribution < -0.4 is 16.4 Å². The molecule has 7 heteroatoms. The standard InChI is InChI=1S/C7H10BrN5O/c8-5-3-6(13-4-12-5)10-1-2-11-7(9)14/h3-4H,1-2H2,(H3,9,11,14)(H,10,12,13). The number of carbonyl (C=O) groups excluding carboxylic acids is 1. The van der Waals surface area contributed by atoms with Crippen molar-refractivity contribution in [1.29, 1.82) is 0 Å². The molecule has 14 heavy (non-hydrogen) atoms. The maximum Gasteiger partial charge on any atom is 0.312 e. The third kappa shape index (κ3) is 4.04. The summed E-state index contributed by atoms with van der Waals surface area (Å²) in [5.41, 5.74) is 4.89. The molecule has 0 unspecified atom stereocenters. The molecule has 1 heterocycles. The van der Waals surface area contributed by atoms with Crippen LogP contribution in [0, 0.1) is 0 Å². The zero-order valence-corrected chi connectivity index (χ0v) is 8.91. The highest BCUT2D eigenvalue weighted by atomic mass is 79.9. The summed E-state index contributed by atoms with van der Waals surface area (Å²) < 4.78 is 0.706. The average molecular weight is 260 g/mol. The first kappa shape index (κ1) is 10.7. The lowest BCUT2D eigenvalue weighted by molar-refractivity contribution is 0.249. The van der Waals surface area contributed by atoms with Gasteiger partial charge >= 0.3 is 6.03 Å². The summed E-state index contributed by atoms with van der Waals surface area (Å²) in [4.78, 5) is 18.1. The summed E-state index contributed by atoms with van der Waals surface area (Å²) in [6.07, 6.45) is 1.44. The molecule has 0 aliphatic carbocycles. The lowest BCUT2D eigenvalue weighted by atomic mass is 10.5. The van der Waals surface area contributed by atoms with Gasteiger partial charge in [0.25, 0.3) is 0 Å². The van der Waals surface area contributed by atoms with Crippen molar-refractivity contribution in [3.63, 3.8) is 0 Å². The Kier molecular flexibility index (Phi) is 4.11. The molecule has 0 saturated carbocycles. The summed E-state index contributed by atoms with van der Waals surface area (Å²) in [5.74, 6) is 0.693. The Bertz CT molecular complexity index is 319. The molecular formula is C7H10BrN5O. The second-order valence-corrected chi connectivity index (χ2v) is 3.26. The van der Waals surface area contributed by atoms with Crippen LogP contribution in [0.1, 0.15) is 0 Å². The molecule has 0 aliphatic rings. The molecule has 0 fully saturated rings. The van der Waals surface area contributed by atoms with Gasteiger partial charge in [-0.2, -0.15) is 0 Å². The first-order valence-electron chi connectivity index (χ1n) is 3.93. The number of rotatable bonds is 4. The van der Waals surface area contributed by atoms with Gasteiger partial charge in [-0.1, -0.05) is 0 Å². The zero-order chi connectivity index (χ0) is 10.4. The molecule has 1 aromatic heterocycles. The second-order valence-electron chi connectivity index (χ2n) is 2.44. The molecule has 0 spiro atoms. The highest BCUT2D eigenvalue weighted by molar-refractivity contribution is 9.10. The van der Waals surface area contributed by atoms with Gasteiger partial charge in [0.05, 0.1) is 0 Å². The van der Waals surface area contributed by atoms with Gasteiger partial charge in [-0.25, -0.2) is 14.8 Å². The second kappa shape index (κ2) is 5.38. The maximum absolute atomic E-state index is 10.3. The fourth-order valence-electron chi connectivity index (χ4n) is 0.807. The van der Waals surface area contributed by atoms with E-state index in [-0.39, 0.29) is 0 Å². The lowest BCUT2D eigenvalue weighted by Gasteiger charge is -2.05. The molecule has 0 saturated heterocycles. The molecule has 1 rings (SSSR count). The van der Waals surface area contributed by atoms with E-state index in [0.717, 1.165) is 0 Å². The topological polar surface area (TPSA) is 92.9 Å². The van der Waals surface area contributed by atoms with E-state index in [9.17, 15) is 4.79 Å². The number of anilines is 1. The van der Waals surface area contributed by atoms with E-state index in [4.69, 9.17) is 5.73 Å². The predicted octanol–water partition coefficient (Wildman–Crippen LogP) is 0.319. The van der Waals surface area contributed by atoms with Crippen LogP contribution in [0.15, 0.2) is 17.0 Å². The number of primary amides is 1. The summed E-state index contributed by atoms with van der Waals surface area (Å²) in [6.45, 7) is 1.02. The highest BCUT2D eigenvalue weighted by Gasteiger charge is 1.95. The van der Waals surface area contributed by atoms with Crippen molar-refractivity contribution in [2.24, 2.45) is 5.73 Å². The van der Waals surface area contributed by atoms with Gasteiger partial charge in [0.15, 0.2) is 0 Å². The maximum atomic E-state index is 10.3. The Morgan fingerprint density at radius 2 is 2.29 bits per heavy atom. The minimum atomic E-state index is -0.532. The Morgan fingerprint density at radius 3 is 2.93 bits per heavy atom. The molecule has 1 aromatic rings. The van der Waals surface area contributed by atoms with E-state index in [1.54, 1.807) is 6.07 Å². The van der Waals surface area contributed by atoms with Gasteiger partial charge in [-0.15, -0.1) is 0 Å². The van der Waals surface area contributed by atoms with Crippen molar-refractivity contribution >= 4 is 27.8 Å². The zero-order valence-electron chi connectivity index (χ0n) is 7.33. The summed E-state index contributed by atoms with van der Waals surface area (Å²) >= 11 is 3.21. The van der Waals surface area contributed by atoms with E-state index in [1.807, 2.05) is 0 Å². The third-order valence-electron chi connectivity index (χ3n) is 1.36. The van der Waals surface area contributed by atoms with Crippen molar-refractivity contribution < 1.29 is 4.79 Å². The van der Waals surface area contributed by atoms with Crippen LogP contribution >= 0.6 is 15.9 Å². The molecule has 0 radical (unpaired) electrons. The number of aromatic nitrogens is 2. The highest BCUT2D eigenvalue weighted by Crippen LogP contribution is 2.08. The van der Waals surface area contributed by atoms with Crippen molar-refractivity contribution in [3.05, 3.63) is 17.0 Å². The van der Waals surface area contributed by atoms with Crippen LogP contribution in [0.25, 0.3) is 0 Å².